The van der Waals surface area contributed by atoms with Gasteiger partial charge in [-0.15, -0.1) is 0 Å². The fourth-order valence-corrected chi connectivity index (χ4v) is 2.74. The smallest absolute Gasteiger partial charge is 0.00954 e. The highest BCUT2D eigenvalue weighted by Gasteiger charge is 2.31. The van der Waals surface area contributed by atoms with Crippen LogP contribution >= 0.6 is 0 Å². The van der Waals surface area contributed by atoms with Crippen LogP contribution in [0.4, 0.5) is 0 Å². The molecule has 0 saturated heterocycles. The molecule has 0 aromatic rings. The maximum atomic E-state index is 3.69. The Hall–Kier alpha value is -0.0400. The van der Waals surface area contributed by atoms with Crippen LogP contribution in [0.1, 0.15) is 59.3 Å². The van der Waals surface area contributed by atoms with Crippen LogP contribution < -0.4 is 5.32 Å². The van der Waals surface area contributed by atoms with Crippen molar-refractivity contribution < 1.29 is 0 Å². The fourth-order valence-electron chi connectivity index (χ4n) is 2.74. The maximum absolute atomic E-state index is 3.69. The summed E-state index contributed by atoms with van der Waals surface area (Å²) in [7, 11) is 0. The van der Waals surface area contributed by atoms with Crippen molar-refractivity contribution in [2.75, 3.05) is 6.54 Å². The van der Waals surface area contributed by atoms with Crippen LogP contribution in [0, 0.1) is 11.8 Å². The van der Waals surface area contributed by atoms with E-state index in [-0.39, 0.29) is 0 Å². The van der Waals surface area contributed by atoms with E-state index >= 15 is 0 Å². The Morgan fingerprint density at radius 2 is 1.93 bits per heavy atom. The Morgan fingerprint density at radius 1 is 1.14 bits per heavy atom. The first-order valence-corrected chi connectivity index (χ1v) is 6.53. The second-order valence-electron chi connectivity index (χ2n) is 4.90. The monoisotopic (exact) mass is 197 g/mol. The third kappa shape index (κ3) is 3.27. The van der Waals surface area contributed by atoms with Crippen molar-refractivity contribution in [2.45, 2.75) is 65.3 Å². The molecular weight excluding hydrogens is 170 g/mol. The second kappa shape index (κ2) is 6.44. The van der Waals surface area contributed by atoms with E-state index in [4.69, 9.17) is 0 Å². The van der Waals surface area contributed by atoms with Gasteiger partial charge in [0, 0.05) is 6.04 Å². The average molecular weight is 197 g/mol. The highest BCUT2D eigenvalue weighted by Crippen LogP contribution is 2.35. The Kier molecular flexibility index (Phi) is 5.54. The zero-order chi connectivity index (χ0) is 10.4. The Bertz CT molecular complexity index is 128. The predicted octanol–water partition coefficient (Wildman–Crippen LogP) is 3.59. The van der Waals surface area contributed by atoms with Gasteiger partial charge in [0.25, 0.3) is 0 Å². The van der Waals surface area contributed by atoms with Gasteiger partial charge in [0.1, 0.15) is 0 Å². The Balaban J connectivity index is 2.24. The van der Waals surface area contributed by atoms with Crippen molar-refractivity contribution in [3.8, 4) is 0 Å². The third-order valence-electron chi connectivity index (χ3n) is 3.81. The minimum Gasteiger partial charge on any atom is -0.314 e. The third-order valence-corrected chi connectivity index (χ3v) is 3.81. The summed E-state index contributed by atoms with van der Waals surface area (Å²) in [4.78, 5) is 0. The van der Waals surface area contributed by atoms with Crippen LogP contribution in [0.5, 0.6) is 0 Å². The summed E-state index contributed by atoms with van der Waals surface area (Å²) < 4.78 is 0. The predicted molar refractivity (Wildman–Crippen MR) is 63.5 cm³/mol. The molecule has 0 heterocycles. The highest BCUT2D eigenvalue weighted by molar-refractivity contribution is 4.86. The molecule has 1 aliphatic carbocycles. The van der Waals surface area contributed by atoms with E-state index < -0.39 is 0 Å². The average Bonchev–Trinajstić information content (AvgIpc) is 2.54. The lowest BCUT2D eigenvalue weighted by Crippen LogP contribution is -2.33. The van der Waals surface area contributed by atoms with Crippen molar-refractivity contribution in [2.24, 2.45) is 11.8 Å². The Labute approximate surface area is 89.7 Å². The molecule has 1 N–H and O–H groups in total. The minimum atomic E-state index is 0.816. The zero-order valence-electron chi connectivity index (χ0n) is 10.2. The first-order chi connectivity index (χ1) is 6.79. The summed E-state index contributed by atoms with van der Waals surface area (Å²) in [5.74, 6) is 1.91. The fraction of sp³-hybridized carbons (Fsp3) is 1.00. The molecule has 0 aromatic heterocycles. The molecule has 0 spiro atoms. The lowest BCUT2D eigenvalue weighted by atomic mass is 9.91. The van der Waals surface area contributed by atoms with E-state index in [0.29, 0.717) is 0 Å². The maximum Gasteiger partial charge on any atom is 0.00954 e. The zero-order valence-corrected chi connectivity index (χ0v) is 10.2. The summed E-state index contributed by atoms with van der Waals surface area (Å²) in [5.41, 5.74) is 0. The molecule has 0 aromatic carbocycles. The van der Waals surface area contributed by atoms with Crippen LogP contribution in [-0.2, 0) is 0 Å². The minimum absolute atomic E-state index is 0.816. The standard InChI is InChI=1S/C13H27N/c1-4-6-7-12-8-9-13(11(12)3)14-10-5-2/h11-14H,4-10H2,1-3H3. The van der Waals surface area contributed by atoms with Gasteiger partial charge >= 0.3 is 0 Å². The number of hydrogen-bond donors (Lipinski definition) is 1. The van der Waals surface area contributed by atoms with Crippen LogP contribution in [0.2, 0.25) is 0 Å². The summed E-state index contributed by atoms with van der Waals surface area (Å²) in [5, 5.41) is 3.69. The summed E-state index contributed by atoms with van der Waals surface area (Å²) in [6, 6.07) is 0.816. The molecule has 1 saturated carbocycles. The van der Waals surface area contributed by atoms with E-state index in [0.717, 1.165) is 17.9 Å². The van der Waals surface area contributed by atoms with E-state index in [2.05, 4.69) is 26.1 Å². The molecule has 0 radical (unpaired) electrons. The number of hydrogen-bond acceptors (Lipinski definition) is 1. The van der Waals surface area contributed by atoms with Gasteiger partial charge in [-0.3, -0.25) is 0 Å². The molecule has 0 amide bonds. The molecule has 0 bridgehead atoms. The lowest BCUT2D eigenvalue weighted by Gasteiger charge is -2.21. The SMILES string of the molecule is CCCCC1CCC(NCCC)C1C. The van der Waals surface area contributed by atoms with Crippen LogP contribution in [0.15, 0.2) is 0 Å². The van der Waals surface area contributed by atoms with Crippen LogP contribution in [0.25, 0.3) is 0 Å². The van der Waals surface area contributed by atoms with Crippen molar-refractivity contribution in [3.63, 3.8) is 0 Å². The molecule has 1 nitrogen and oxygen atoms in total. The van der Waals surface area contributed by atoms with Crippen molar-refractivity contribution in [1.82, 2.24) is 5.32 Å². The van der Waals surface area contributed by atoms with Gasteiger partial charge in [-0.05, 0) is 37.6 Å². The number of unbranched alkanes of at least 4 members (excludes halogenated alkanes) is 1. The molecule has 1 rings (SSSR count). The van der Waals surface area contributed by atoms with Gasteiger partial charge in [0.05, 0.1) is 0 Å². The van der Waals surface area contributed by atoms with Crippen LogP contribution in [0.3, 0.4) is 0 Å². The van der Waals surface area contributed by atoms with Gasteiger partial charge in [-0.25, -0.2) is 0 Å². The van der Waals surface area contributed by atoms with Crippen molar-refractivity contribution >= 4 is 0 Å². The topological polar surface area (TPSA) is 12.0 Å². The first-order valence-electron chi connectivity index (χ1n) is 6.53. The number of rotatable bonds is 6. The molecule has 3 atom stereocenters. The molecule has 1 fully saturated rings. The molecule has 1 aliphatic rings. The number of nitrogens with one attached hydrogen (secondary N) is 1. The quantitative estimate of drug-likeness (QED) is 0.686. The summed E-state index contributed by atoms with van der Waals surface area (Å²) in [6.07, 6.45) is 8.38. The molecular formula is C13H27N. The normalized spacial score (nSPS) is 32.4. The molecule has 3 unspecified atom stereocenters. The van der Waals surface area contributed by atoms with Gasteiger partial charge in [-0.1, -0.05) is 40.0 Å². The largest absolute Gasteiger partial charge is 0.314 e. The lowest BCUT2D eigenvalue weighted by molar-refractivity contribution is 0.331. The molecule has 84 valence electrons. The van der Waals surface area contributed by atoms with Gasteiger partial charge in [0.2, 0.25) is 0 Å². The van der Waals surface area contributed by atoms with E-state index in [9.17, 15) is 0 Å². The second-order valence-corrected chi connectivity index (χ2v) is 4.90. The summed E-state index contributed by atoms with van der Waals surface area (Å²) in [6.45, 7) is 8.20. The molecule has 1 heteroatoms. The molecule has 14 heavy (non-hydrogen) atoms. The van der Waals surface area contributed by atoms with E-state index in [1.165, 1.54) is 45.1 Å². The van der Waals surface area contributed by atoms with Gasteiger partial charge < -0.3 is 5.32 Å². The van der Waals surface area contributed by atoms with E-state index in [1.54, 1.807) is 0 Å². The van der Waals surface area contributed by atoms with Crippen LogP contribution in [-0.4, -0.2) is 12.6 Å². The molecule has 0 aliphatic heterocycles. The van der Waals surface area contributed by atoms with Gasteiger partial charge in [0.15, 0.2) is 0 Å². The Morgan fingerprint density at radius 3 is 2.57 bits per heavy atom. The summed E-state index contributed by atoms with van der Waals surface area (Å²) >= 11 is 0. The van der Waals surface area contributed by atoms with Gasteiger partial charge in [-0.2, -0.15) is 0 Å². The highest BCUT2D eigenvalue weighted by atomic mass is 14.9. The van der Waals surface area contributed by atoms with Crippen molar-refractivity contribution in [3.05, 3.63) is 0 Å². The first kappa shape index (κ1) is 12.0. The van der Waals surface area contributed by atoms with Crippen molar-refractivity contribution in [1.29, 1.82) is 0 Å². The van der Waals surface area contributed by atoms with E-state index in [1.807, 2.05) is 0 Å².